The first-order chi connectivity index (χ1) is 6.47. The molecule has 0 aliphatic rings. The zero-order chi connectivity index (χ0) is 10.8. The van der Waals surface area contributed by atoms with Crippen molar-refractivity contribution in [1.82, 2.24) is 4.98 Å². The van der Waals surface area contributed by atoms with Gasteiger partial charge in [0.2, 0.25) is 0 Å². The maximum atomic E-state index is 11.9. The van der Waals surface area contributed by atoms with E-state index in [2.05, 4.69) is 9.35 Å². The van der Waals surface area contributed by atoms with Gasteiger partial charge in [0.05, 0.1) is 15.0 Å². The smallest absolute Gasteiger partial charge is 0.129 e. The third-order valence-corrected chi connectivity index (χ3v) is 4.77. The third-order valence-electron chi connectivity index (χ3n) is 2.24. The molecule has 1 heterocycles. The predicted octanol–water partition coefficient (Wildman–Crippen LogP) is 2.52. The van der Waals surface area contributed by atoms with Crippen molar-refractivity contribution in [3.63, 3.8) is 0 Å². The summed E-state index contributed by atoms with van der Waals surface area (Å²) in [5.41, 5.74) is 0.896. The fourth-order valence-electron chi connectivity index (χ4n) is 1.04. The van der Waals surface area contributed by atoms with Crippen LogP contribution in [0.3, 0.4) is 0 Å². The van der Waals surface area contributed by atoms with Gasteiger partial charge in [-0.15, -0.1) is 0 Å². The third kappa shape index (κ3) is 2.45. The van der Waals surface area contributed by atoms with Crippen molar-refractivity contribution >= 4 is 21.3 Å². The van der Waals surface area contributed by atoms with Crippen molar-refractivity contribution in [3.8, 4) is 0 Å². The normalized spacial score (nSPS) is 17.1. The van der Waals surface area contributed by atoms with Gasteiger partial charge < -0.3 is 0 Å². The lowest BCUT2D eigenvalue weighted by Gasteiger charge is -2.12. The molecule has 0 aromatic carbocycles. The van der Waals surface area contributed by atoms with Crippen LogP contribution in [0.5, 0.6) is 0 Å². The molecule has 0 spiro atoms. The molecular formula is C9H13ClN2OS. The maximum Gasteiger partial charge on any atom is 0.129 e. The topological polar surface area (TPSA) is 42.3 Å². The fraction of sp³-hybridized carbons (Fsp3) is 0.444. The summed E-state index contributed by atoms with van der Waals surface area (Å²) in [6.45, 7) is 1.88. The van der Waals surface area contributed by atoms with Gasteiger partial charge in [-0.2, -0.15) is 0 Å². The van der Waals surface area contributed by atoms with Crippen molar-refractivity contribution in [2.24, 2.45) is 4.36 Å². The van der Waals surface area contributed by atoms with Crippen LogP contribution in [0.25, 0.3) is 0 Å². The summed E-state index contributed by atoms with van der Waals surface area (Å²) >= 11 is 5.66. The number of hydrogen-bond acceptors (Lipinski definition) is 3. The quantitative estimate of drug-likeness (QED) is 0.736. The van der Waals surface area contributed by atoms with Crippen molar-refractivity contribution in [3.05, 3.63) is 29.0 Å². The molecule has 0 saturated heterocycles. The van der Waals surface area contributed by atoms with Crippen LogP contribution in [-0.2, 0) is 9.73 Å². The van der Waals surface area contributed by atoms with Crippen LogP contribution in [0.1, 0.15) is 17.7 Å². The van der Waals surface area contributed by atoms with Gasteiger partial charge in [0, 0.05) is 19.5 Å². The highest BCUT2D eigenvalue weighted by atomic mass is 35.5. The summed E-state index contributed by atoms with van der Waals surface area (Å²) in [5, 5.41) is 0.314. The van der Waals surface area contributed by atoms with Crippen molar-refractivity contribution in [1.29, 1.82) is 0 Å². The molecule has 0 N–H and O–H groups in total. The monoisotopic (exact) mass is 232 g/mol. The maximum absolute atomic E-state index is 11.9. The lowest BCUT2D eigenvalue weighted by atomic mass is 10.2. The molecule has 0 radical (unpaired) electrons. The Labute approximate surface area is 89.7 Å². The van der Waals surface area contributed by atoms with Gasteiger partial charge in [-0.05, 0) is 18.6 Å². The number of nitrogens with zero attached hydrogens (tertiary/aromatic N) is 2. The Bertz CT molecular complexity index is 421. The van der Waals surface area contributed by atoms with E-state index in [0.717, 1.165) is 5.56 Å². The average Bonchev–Trinajstić information content (AvgIpc) is 2.18. The van der Waals surface area contributed by atoms with Crippen LogP contribution in [0.15, 0.2) is 22.7 Å². The molecule has 78 valence electrons. The Morgan fingerprint density at radius 1 is 1.57 bits per heavy atom. The molecule has 5 heteroatoms. The van der Waals surface area contributed by atoms with Gasteiger partial charge >= 0.3 is 0 Å². The minimum atomic E-state index is -2.17. The molecule has 2 atom stereocenters. The highest BCUT2D eigenvalue weighted by Gasteiger charge is 2.14. The van der Waals surface area contributed by atoms with E-state index in [1.165, 1.54) is 0 Å². The fourth-order valence-corrected chi connectivity index (χ4v) is 2.11. The number of hydrogen-bond donors (Lipinski definition) is 0. The molecule has 0 aliphatic carbocycles. The molecule has 0 amide bonds. The van der Waals surface area contributed by atoms with Gasteiger partial charge in [-0.1, -0.05) is 17.7 Å². The molecule has 2 unspecified atom stereocenters. The van der Waals surface area contributed by atoms with Crippen LogP contribution < -0.4 is 0 Å². The van der Waals surface area contributed by atoms with Crippen molar-refractivity contribution in [2.75, 3.05) is 13.3 Å². The highest BCUT2D eigenvalue weighted by molar-refractivity contribution is 7.93. The number of halogens is 1. The standard InChI is InChI=1S/C9H13ClN2OS/c1-7(14(3,13)11-2)8-4-5-9(10)12-6-8/h4-7H,1-3H3. The molecule has 1 aromatic rings. The first-order valence-corrected chi connectivity index (χ1v) is 6.54. The second-order valence-electron chi connectivity index (χ2n) is 3.10. The van der Waals surface area contributed by atoms with E-state index in [9.17, 15) is 4.21 Å². The van der Waals surface area contributed by atoms with E-state index in [-0.39, 0.29) is 5.25 Å². The van der Waals surface area contributed by atoms with Crippen LogP contribution in [0.4, 0.5) is 0 Å². The first kappa shape index (κ1) is 11.5. The SMILES string of the molecule is CN=S(C)(=O)C(C)c1ccc(Cl)nc1. The van der Waals surface area contributed by atoms with Crippen LogP contribution in [0.2, 0.25) is 5.15 Å². The van der Waals surface area contributed by atoms with Crippen LogP contribution in [0, 0.1) is 0 Å². The van der Waals surface area contributed by atoms with Crippen LogP contribution in [-0.4, -0.2) is 22.5 Å². The summed E-state index contributed by atoms with van der Waals surface area (Å²) in [4.78, 5) is 3.95. The minimum absolute atomic E-state index is 0.128. The van der Waals surface area contributed by atoms with Gasteiger partial charge in [0.1, 0.15) is 5.15 Å². The number of aromatic nitrogens is 1. The molecule has 0 fully saturated rings. The Balaban J connectivity index is 3.08. The largest absolute Gasteiger partial charge is 0.249 e. The molecule has 3 nitrogen and oxygen atoms in total. The average molecular weight is 233 g/mol. The first-order valence-electron chi connectivity index (χ1n) is 4.18. The van der Waals surface area contributed by atoms with E-state index >= 15 is 0 Å². The van der Waals surface area contributed by atoms with Gasteiger partial charge in [0.15, 0.2) is 0 Å². The summed E-state index contributed by atoms with van der Waals surface area (Å²) in [6, 6.07) is 3.52. The Morgan fingerprint density at radius 3 is 2.64 bits per heavy atom. The van der Waals surface area contributed by atoms with Gasteiger partial charge in [0.25, 0.3) is 0 Å². The second kappa shape index (κ2) is 4.28. The van der Waals surface area contributed by atoms with E-state index < -0.39 is 9.73 Å². The predicted molar refractivity (Wildman–Crippen MR) is 60.1 cm³/mol. The Kier molecular flexibility index (Phi) is 3.50. The second-order valence-corrected chi connectivity index (χ2v) is 6.28. The summed E-state index contributed by atoms with van der Waals surface area (Å²) in [6.07, 6.45) is 3.29. The van der Waals surface area contributed by atoms with Crippen LogP contribution >= 0.6 is 11.6 Å². The Hall–Kier alpha value is -0.610. The lowest BCUT2D eigenvalue weighted by molar-refractivity contribution is 0.672. The Morgan fingerprint density at radius 2 is 2.21 bits per heavy atom. The molecule has 0 bridgehead atoms. The zero-order valence-electron chi connectivity index (χ0n) is 8.40. The van der Waals surface area contributed by atoms with E-state index in [1.807, 2.05) is 13.0 Å². The highest BCUT2D eigenvalue weighted by Crippen LogP contribution is 2.22. The van der Waals surface area contributed by atoms with Gasteiger partial charge in [-0.25, -0.2) is 13.6 Å². The van der Waals surface area contributed by atoms with Crippen molar-refractivity contribution in [2.45, 2.75) is 12.2 Å². The molecule has 0 aliphatic heterocycles. The molecule has 14 heavy (non-hydrogen) atoms. The van der Waals surface area contributed by atoms with E-state index in [4.69, 9.17) is 11.6 Å². The summed E-state index contributed by atoms with van der Waals surface area (Å²) in [5.74, 6) is 0. The van der Waals surface area contributed by atoms with E-state index in [0.29, 0.717) is 5.15 Å². The molecule has 1 rings (SSSR count). The summed E-state index contributed by atoms with van der Waals surface area (Å²) in [7, 11) is -0.601. The number of pyridine rings is 1. The summed E-state index contributed by atoms with van der Waals surface area (Å²) < 4.78 is 15.8. The van der Waals surface area contributed by atoms with Crippen molar-refractivity contribution < 1.29 is 4.21 Å². The van der Waals surface area contributed by atoms with Gasteiger partial charge in [-0.3, -0.25) is 0 Å². The lowest BCUT2D eigenvalue weighted by Crippen LogP contribution is -2.07. The molecular weight excluding hydrogens is 220 g/mol. The molecule has 1 aromatic heterocycles. The minimum Gasteiger partial charge on any atom is -0.249 e. The van der Waals surface area contributed by atoms with E-state index in [1.54, 1.807) is 25.6 Å². The number of rotatable bonds is 2. The molecule has 0 saturated carbocycles. The zero-order valence-corrected chi connectivity index (χ0v) is 9.97.